The molecule has 3 rings (SSSR count). The number of benzene rings is 2. The summed E-state index contributed by atoms with van der Waals surface area (Å²) in [6.45, 7) is 5.36. The largest absolute Gasteiger partial charge is 0.462 e. The molecule has 29 heavy (non-hydrogen) atoms. The number of halogens is 1. The van der Waals surface area contributed by atoms with Crippen LogP contribution in [0.3, 0.4) is 0 Å². The van der Waals surface area contributed by atoms with E-state index in [0.717, 1.165) is 24.3 Å². The first-order valence-corrected chi connectivity index (χ1v) is 9.86. The number of hydrogen-bond donors (Lipinski definition) is 1. The Bertz CT molecular complexity index is 816. The van der Waals surface area contributed by atoms with Crippen LogP contribution in [0.25, 0.3) is 0 Å². The maximum atomic E-state index is 12.9. The lowest BCUT2D eigenvalue weighted by molar-refractivity contribution is 0.0526. The summed E-state index contributed by atoms with van der Waals surface area (Å²) in [6.07, 6.45) is 0.665. The number of nitrogens with zero attached hydrogens (tertiary/aromatic N) is 2. The number of amides is 2. The topological polar surface area (TPSA) is 61.9 Å². The van der Waals surface area contributed by atoms with Crippen LogP contribution in [-0.4, -0.2) is 56.2 Å². The molecule has 1 N–H and O–H groups in total. The highest BCUT2D eigenvalue weighted by atomic mass is 19.1. The van der Waals surface area contributed by atoms with Gasteiger partial charge in [0.05, 0.1) is 12.2 Å². The molecule has 2 aromatic rings. The first-order chi connectivity index (χ1) is 14.1. The van der Waals surface area contributed by atoms with Crippen molar-refractivity contribution in [3.63, 3.8) is 0 Å². The molecule has 0 aliphatic carbocycles. The molecular weight excluding hydrogens is 373 g/mol. The fourth-order valence-electron chi connectivity index (χ4n) is 3.27. The molecule has 1 heterocycles. The van der Waals surface area contributed by atoms with Gasteiger partial charge in [-0.05, 0) is 55.3 Å². The zero-order chi connectivity index (χ0) is 20.6. The van der Waals surface area contributed by atoms with Crippen molar-refractivity contribution in [2.24, 2.45) is 0 Å². The molecule has 0 aromatic heterocycles. The van der Waals surface area contributed by atoms with Gasteiger partial charge in [-0.3, -0.25) is 0 Å². The molecule has 1 fully saturated rings. The van der Waals surface area contributed by atoms with Crippen LogP contribution in [0.1, 0.15) is 22.8 Å². The second kappa shape index (κ2) is 9.91. The Kier molecular flexibility index (Phi) is 7.05. The maximum absolute atomic E-state index is 12.9. The summed E-state index contributed by atoms with van der Waals surface area (Å²) in [4.78, 5) is 28.1. The van der Waals surface area contributed by atoms with Crippen LogP contribution < -0.4 is 10.2 Å². The molecule has 0 spiro atoms. The van der Waals surface area contributed by atoms with Crippen molar-refractivity contribution >= 4 is 17.7 Å². The Balaban J connectivity index is 1.43. The molecule has 2 aromatic carbocycles. The highest BCUT2D eigenvalue weighted by Crippen LogP contribution is 2.18. The van der Waals surface area contributed by atoms with E-state index >= 15 is 0 Å². The van der Waals surface area contributed by atoms with Gasteiger partial charge in [-0.2, -0.15) is 0 Å². The van der Waals surface area contributed by atoms with Crippen LogP contribution in [0.4, 0.5) is 14.9 Å². The summed E-state index contributed by atoms with van der Waals surface area (Å²) < 4.78 is 17.9. The molecule has 7 heteroatoms. The fourth-order valence-corrected chi connectivity index (χ4v) is 3.27. The lowest BCUT2D eigenvalue weighted by Gasteiger charge is -2.36. The van der Waals surface area contributed by atoms with Gasteiger partial charge in [0.2, 0.25) is 0 Å². The molecule has 0 bridgehead atoms. The summed E-state index contributed by atoms with van der Waals surface area (Å²) >= 11 is 0. The Morgan fingerprint density at radius 2 is 1.66 bits per heavy atom. The highest BCUT2D eigenvalue weighted by molar-refractivity contribution is 5.89. The van der Waals surface area contributed by atoms with E-state index in [1.54, 1.807) is 36.1 Å². The van der Waals surface area contributed by atoms with Crippen LogP contribution in [0.2, 0.25) is 0 Å². The predicted molar refractivity (Wildman–Crippen MR) is 110 cm³/mol. The first kappa shape index (κ1) is 20.6. The summed E-state index contributed by atoms with van der Waals surface area (Å²) in [5, 5.41) is 2.93. The average Bonchev–Trinajstić information content (AvgIpc) is 2.75. The van der Waals surface area contributed by atoms with Crippen LogP contribution >= 0.6 is 0 Å². The molecular formula is C22H26FN3O3. The monoisotopic (exact) mass is 399 g/mol. The number of hydrogen-bond acceptors (Lipinski definition) is 4. The van der Waals surface area contributed by atoms with E-state index < -0.39 is 0 Å². The number of ether oxygens (including phenoxy) is 1. The minimum absolute atomic E-state index is 0.0792. The third kappa shape index (κ3) is 5.70. The van der Waals surface area contributed by atoms with Crippen molar-refractivity contribution in [3.8, 4) is 0 Å². The minimum atomic E-state index is -0.318. The Labute approximate surface area is 170 Å². The Morgan fingerprint density at radius 1 is 1.00 bits per heavy atom. The minimum Gasteiger partial charge on any atom is -0.462 e. The van der Waals surface area contributed by atoms with Crippen molar-refractivity contribution in [1.29, 1.82) is 0 Å². The van der Waals surface area contributed by atoms with Crippen LogP contribution in [0.5, 0.6) is 0 Å². The summed E-state index contributed by atoms with van der Waals surface area (Å²) in [6, 6.07) is 13.6. The molecule has 154 valence electrons. The number of esters is 1. The molecule has 0 atom stereocenters. The molecule has 2 amide bonds. The maximum Gasteiger partial charge on any atom is 0.338 e. The van der Waals surface area contributed by atoms with Gasteiger partial charge < -0.3 is 19.9 Å². The number of anilines is 1. The van der Waals surface area contributed by atoms with Gasteiger partial charge in [-0.15, -0.1) is 0 Å². The number of piperazine rings is 1. The third-order valence-corrected chi connectivity index (χ3v) is 4.91. The van der Waals surface area contributed by atoms with Gasteiger partial charge in [-0.25, -0.2) is 14.0 Å². The number of nitrogens with one attached hydrogen (secondary N) is 1. The number of carbonyl (C=O) groups is 2. The second-order valence-electron chi connectivity index (χ2n) is 6.85. The van der Waals surface area contributed by atoms with Gasteiger partial charge >= 0.3 is 12.0 Å². The van der Waals surface area contributed by atoms with Gasteiger partial charge in [0, 0.05) is 38.4 Å². The van der Waals surface area contributed by atoms with Crippen molar-refractivity contribution < 1.29 is 18.7 Å². The van der Waals surface area contributed by atoms with Gasteiger partial charge in [0.1, 0.15) is 5.82 Å². The SMILES string of the molecule is CCOC(=O)c1ccc(N2CCN(C(=O)NCCc3ccc(F)cc3)CC2)cc1. The third-order valence-electron chi connectivity index (χ3n) is 4.91. The van der Waals surface area contributed by atoms with Gasteiger partial charge in [-0.1, -0.05) is 12.1 Å². The smallest absolute Gasteiger partial charge is 0.338 e. The molecule has 6 nitrogen and oxygen atoms in total. The normalized spacial score (nSPS) is 13.9. The number of carbonyl (C=O) groups excluding carboxylic acids is 2. The summed E-state index contributed by atoms with van der Waals surface area (Å²) in [5.41, 5.74) is 2.55. The van der Waals surface area contributed by atoms with E-state index in [-0.39, 0.29) is 17.8 Å². The standard InChI is InChI=1S/C22H26FN3O3/c1-2-29-21(27)18-5-9-20(10-6-18)25-13-15-26(16-14-25)22(28)24-12-11-17-3-7-19(23)8-4-17/h3-10H,2,11-16H2,1H3,(H,24,28). The highest BCUT2D eigenvalue weighted by Gasteiger charge is 2.21. The van der Waals surface area contributed by atoms with E-state index in [9.17, 15) is 14.0 Å². The van der Waals surface area contributed by atoms with Crippen LogP contribution in [-0.2, 0) is 11.2 Å². The van der Waals surface area contributed by atoms with E-state index in [1.807, 2.05) is 12.1 Å². The van der Waals surface area contributed by atoms with E-state index in [1.165, 1.54) is 12.1 Å². The predicted octanol–water partition coefficient (Wildman–Crippen LogP) is 3.08. The zero-order valence-electron chi connectivity index (χ0n) is 16.6. The zero-order valence-corrected chi connectivity index (χ0v) is 16.6. The summed E-state index contributed by atoms with van der Waals surface area (Å²) in [5.74, 6) is -0.577. The lowest BCUT2D eigenvalue weighted by atomic mass is 10.1. The molecule has 0 radical (unpaired) electrons. The van der Waals surface area contributed by atoms with E-state index in [0.29, 0.717) is 38.2 Å². The van der Waals surface area contributed by atoms with Crippen molar-refractivity contribution in [3.05, 3.63) is 65.5 Å². The average molecular weight is 399 g/mol. The van der Waals surface area contributed by atoms with Crippen molar-refractivity contribution in [2.45, 2.75) is 13.3 Å². The van der Waals surface area contributed by atoms with Crippen molar-refractivity contribution in [2.75, 3.05) is 44.2 Å². The van der Waals surface area contributed by atoms with Crippen LogP contribution in [0, 0.1) is 5.82 Å². The first-order valence-electron chi connectivity index (χ1n) is 9.86. The molecule has 1 aliphatic heterocycles. The lowest BCUT2D eigenvalue weighted by Crippen LogP contribution is -2.52. The second-order valence-corrected chi connectivity index (χ2v) is 6.85. The molecule has 0 unspecified atom stereocenters. The Hall–Kier alpha value is -3.09. The van der Waals surface area contributed by atoms with Crippen molar-refractivity contribution in [1.82, 2.24) is 10.2 Å². The molecule has 0 saturated carbocycles. The van der Waals surface area contributed by atoms with Gasteiger partial charge in [0.25, 0.3) is 0 Å². The van der Waals surface area contributed by atoms with Crippen LogP contribution in [0.15, 0.2) is 48.5 Å². The van der Waals surface area contributed by atoms with Gasteiger partial charge in [0.15, 0.2) is 0 Å². The van der Waals surface area contributed by atoms with E-state index in [4.69, 9.17) is 4.74 Å². The fraction of sp³-hybridized carbons (Fsp3) is 0.364. The van der Waals surface area contributed by atoms with E-state index in [2.05, 4.69) is 10.2 Å². The Morgan fingerprint density at radius 3 is 2.28 bits per heavy atom. The molecule has 1 saturated heterocycles. The quantitative estimate of drug-likeness (QED) is 0.759. The summed E-state index contributed by atoms with van der Waals surface area (Å²) in [7, 11) is 0. The molecule has 1 aliphatic rings. The number of urea groups is 1. The number of rotatable bonds is 6.